The summed E-state index contributed by atoms with van der Waals surface area (Å²) in [5.41, 5.74) is 0.0308. The quantitative estimate of drug-likeness (QED) is 0.508. The van der Waals surface area contributed by atoms with Crippen LogP contribution in [0.1, 0.15) is 17.7 Å². The summed E-state index contributed by atoms with van der Waals surface area (Å²) in [5, 5.41) is 13.4. The van der Waals surface area contributed by atoms with Crippen molar-refractivity contribution in [1.29, 1.82) is 0 Å². The van der Waals surface area contributed by atoms with Crippen LogP contribution in [0.4, 0.5) is 10.1 Å². The normalized spacial score (nSPS) is 18.7. The average Bonchev–Trinajstić information content (AvgIpc) is 3.20. The van der Waals surface area contributed by atoms with Gasteiger partial charge in [-0.2, -0.15) is 0 Å². The Morgan fingerprint density at radius 2 is 2.00 bits per heavy atom. The number of nitrogens with one attached hydrogen (secondary N) is 4. The lowest BCUT2D eigenvalue weighted by Crippen LogP contribution is -2.56. The van der Waals surface area contributed by atoms with Crippen molar-refractivity contribution in [3.63, 3.8) is 0 Å². The van der Waals surface area contributed by atoms with E-state index >= 15 is 0 Å². The first kappa shape index (κ1) is 21.3. The van der Waals surface area contributed by atoms with Crippen LogP contribution in [-0.4, -0.2) is 35.0 Å². The molecule has 1 aromatic carbocycles. The first-order valence-corrected chi connectivity index (χ1v) is 10.9. The van der Waals surface area contributed by atoms with E-state index in [9.17, 15) is 18.8 Å². The summed E-state index contributed by atoms with van der Waals surface area (Å²) >= 11 is 2.78. The molecule has 1 aliphatic rings. The van der Waals surface area contributed by atoms with E-state index in [0.717, 1.165) is 4.88 Å². The van der Waals surface area contributed by atoms with Gasteiger partial charge < -0.3 is 16.0 Å². The number of thioether (sulfide) groups is 1. The summed E-state index contributed by atoms with van der Waals surface area (Å²) in [5.74, 6) is -0.864. The van der Waals surface area contributed by atoms with Gasteiger partial charge in [0.15, 0.2) is 0 Å². The second-order valence-electron chi connectivity index (χ2n) is 6.44. The van der Waals surface area contributed by atoms with Gasteiger partial charge in [-0.25, -0.2) is 4.39 Å². The zero-order valence-electron chi connectivity index (χ0n) is 15.4. The zero-order chi connectivity index (χ0) is 20.6. The van der Waals surface area contributed by atoms with Crippen molar-refractivity contribution < 1.29 is 18.8 Å². The third kappa shape index (κ3) is 7.15. The average molecular weight is 437 g/mol. The maximum absolute atomic E-state index is 12.9. The van der Waals surface area contributed by atoms with Crippen molar-refractivity contribution in [2.45, 2.75) is 30.9 Å². The Bertz CT molecular complexity index is 846. The first-order chi connectivity index (χ1) is 14.0. The Morgan fingerprint density at radius 1 is 1.21 bits per heavy atom. The molecule has 154 valence electrons. The number of hydrogen-bond acceptors (Lipinski definition) is 6. The van der Waals surface area contributed by atoms with Crippen LogP contribution < -0.4 is 21.3 Å². The molecule has 2 aromatic rings. The minimum absolute atomic E-state index is 0.0899. The zero-order valence-corrected chi connectivity index (χ0v) is 17.1. The standard InChI is InChI=1S/C19H21FN4O3S2/c20-12-3-5-13(6-4-12)22-18(27)11-29-19-23-14(9-17(26)24-19)8-16(25)21-10-15-2-1-7-28-15/h1-7,14,19,23H,8-11H2,(H,21,25)(H,22,27)(H,24,26). The number of anilines is 1. The van der Waals surface area contributed by atoms with E-state index in [4.69, 9.17) is 0 Å². The van der Waals surface area contributed by atoms with Gasteiger partial charge >= 0.3 is 0 Å². The van der Waals surface area contributed by atoms with Gasteiger partial charge in [-0.15, -0.1) is 23.1 Å². The number of benzene rings is 1. The molecule has 3 amide bonds. The minimum atomic E-state index is -0.467. The van der Waals surface area contributed by atoms with Gasteiger partial charge in [0, 0.05) is 29.4 Å². The lowest BCUT2D eigenvalue weighted by molar-refractivity contribution is -0.125. The molecule has 4 N–H and O–H groups in total. The fourth-order valence-electron chi connectivity index (χ4n) is 2.75. The van der Waals surface area contributed by atoms with Crippen LogP contribution in [0.2, 0.25) is 0 Å². The van der Waals surface area contributed by atoms with Gasteiger partial charge in [0.1, 0.15) is 11.3 Å². The highest BCUT2D eigenvalue weighted by molar-refractivity contribution is 8.00. The Hall–Kier alpha value is -2.43. The molecule has 2 unspecified atom stereocenters. The van der Waals surface area contributed by atoms with Gasteiger partial charge in [0.05, 0.1) is 12.3 Å². The second kappa shape index (κ2) is 10.4. The number of hydrogen-bond donors (Lipinski definition) is 4. The molecule has 0 radical (unpaired) electrons. The molecular formula is C19H21FN4O3S2. The highest BCUT2D eigenvalue weighted by atomic mass is 32.2. The Morgan fingerprint density at radius 3 is 2.72 bits per heavy atom. The molecule has 1 fully saturated rings. The minimum Gasteiger partial charge on any atom is -0.351 e. The Balaban J connectivity index is 1.41. The van der Waals surface area contributed by atoms with Gasteiger partial charge in [0.25, 0.3) is 0 Å². The molecule has 1 saturated heterocycles. The molecule has 1 aliphatic heterocycles. The van der Waals surface area contributed by atoms with Crippen molar-refractivity contribution in [2.24, 2.45) is 0 Å². The van der Waals surface area contributed by atoms with Crippen LogP contribution in [0.25, 0.3) is 0 Å². The highest BCUT2D eigenvalue weighted by Crippen LogP contribution is 2.15. The maximum Gasteiger partial charge on any atom is 0.234 e. The van der Waals surface area contributed by atoms with E-state index in [-0.39, 0.29) is 48.2 Å². The molecule has 2 heterocycles. The van der Waals surface area contributed by atoms with E-state index in [1.165, 1.54) is 36.0 Å². The van der Waals surface area contributed by atoms with Gasteiger partial charge in [0.2, 0.25) is 17.7 Å². The Labute approximate surface area is 175 Å². The van der Waals surface area contributed by atoms with Crippen LogP contribution >= 0.6 is 23.1 Å². The monoisotopic (exact) mass is 436 g/mol. The van der Waals surface area contributed by atoms with Gasteiger partial charge in [-0.05, 0) is 35.7 Å². The van der Waals surface area contributed by atoms with E-state index in [1.54, 1.807) is 11.3 Å². The largest absolute Gasteiger partial charge is 0.351 e. The van der Waals surface area contributed by atoms with Crippen LogP contribution in [0, 0.1) is 5.82 Å². The Kier molecular flexibility index (Phi) is 7.62. The molecule has 1 aromatic heterocycles. The molecule has 29 heavy (non-hydrogen) atoms. The molecule has 3 rings (SSSR count). The summed E-state index contributed by atoms with van der Waals surface area (Å²) < 4.78 is 12.9. The molecule has 0 spiro atoms. The molecule has 7 nitrogen and oxygen atoms in total. The van der Waals surface area contributed by atoms with Crippen molar-refractivity contribution in [2.75, 3.05) is 11.1 Å². The molecule has 2 atom stereocenters. The summed E-state index contributed by atoms with van der Waals surface area (Å²) in [6.07, 6.45) is 0.378. The first-order valence-electron chi connectivity index (χ1n) is 8.99. The third-order valence-electron chi connectivity index (χ3n) is 4.09. The molecule has 0 bridgehead atoms. The number of carbonyl (C=O) groups excluding carboxylic acids is 3. The van der Waals surface area contributed by atoms with E-state index < -0.39 is 5.50 Å². The highest BCUT2D eigenvalue weighted by Gasteiger charge is 2.28. The summed E-state index contributed by atoms with van der Waals surface area (Å²) in [7, 11) is 0. The van der Waals surface area contributed by atoms with Crippen LogP contribution in [0.3, 0.4) is 0 Å². The lowest BCUT2D eigenvalue weighted by atomic mass is 10.1. The molecular weight excluding hydrogens is 415 g/mol. The molecule has 0 aliphatic carbocycles. The second-order valence-corrected chi connectivity index (χ2v) is 8.57. The predicted octanol–water partition coefficient (Wildman–Crippen LogP) is 2.03. The van der Waals surface area contributed by atoms with Crippen molar-refractivity contribution in [1.82, 2.24) is 16.0 Å². The fourth-order valence-corrected chi connectivity index (χ4v) is 4.29. The number of rotatable bonds is 8. The lowest BCUT2D eigenvalue weighted by Gasteiger charge is -2.30. The number of halogens is 1. The van der Waals surface area contributed by atoms with Crippen molar-refractivity contribution >= 4 is 46.5 Å². The smallest absolute Gasteiger partial charge is 0.234 e. The van der Waals surface area contributed by atoms with Crippen molar-refractivity contribution in [3.05, 3.63) is 52.5 Å². The summed E-state index contributed by atoms with van der Waals surface area (Å²) in [4.78, 5) is 37.2. The predicted molar refractivity (Wildman–Crippen MR) is 112 cm³/mol. The third-order valence-corrected chi connectivity index (χ3v) is 5.98. The van der Waals surface area contributed by atoms with Crippen LogP contribution in [0.15, 0.2) is 41.8 Å². The van der Waals surface area contributed by atoms with Crippen molar-refractivity contribution in [3.8, 4) is 0 Å². The molecule has 10 heteroatoms. The number of amides is 3. The summed E-state index contributed by atoms with van der Waals surface area (Å²) in [6, 6.07) is 9.05. The van der Waals surface area contributed by atoms with Gasteiger partial charge in [-0.3, -0.25) is 19.7 Å². The van der Waals surface area contributed by atoms with Gasteiger partial charge in [-0.1, -0.05) is 6.07 Å². The SMILES string of the molecule is O=C(CC1CC(=O)NC(SCC(=O)Nc2ccc(F)cc2)N1)NCc1cccs1. The van der Waals surface area contributed by atoms with Crippen LogP contribution in [0.5, 0.6) is 0 Å². The number of thiophene rings is 1. The maximum atomic E-state index is 12.9. The van der Waals surface area contributed by atoms with E-state index in [1.807, 2.05) is 17.5 Å². The summed E-state index contributed by atoms with van der Waals surface area (Å²) in [6.45, 7) is 0.469. The van der Waals surface area contributed by atoms with Crippen LogP contribution in [-0.2, 0) is 20.9 Å². The van der Waals surface area contributed by atoms with E-state index in [2.05, 4.69) is 21.3 Å². The number of carbonyl (C=O) groups is 3. The fraction of sp³-hybridized carbons (Fsp3) is 0.316. The molecule has 0 saturated carbocycles. The topological polar surface area (TPSA) is 99.3 Å². The van der Waals surface area contributed by atoms with E-state index in [0.29, 0.717) is 12.2 Å².